The largest absolute Gasteiger partial charge is 0.465 e. The lowest BCUT2D eigenvalue weighted by atomic mass is 10.0. The second-order valence-electron chi connectivity index (χ2n) is 4.61. The van der Waals surface area contributed by atoms with E-state index in [1.165, 1.54) is 7.11 Å². The number of ether oxygens (including phenoxy) is 1. The number of likely N-dealkylation sites (N-methyl/N-ethyl adjacent to an activating group) is 1. The maximum atomic E-state index is 12.5. The van der Waals surface area contributed by atoms with Gasteiger partial charge >= 0.3 is 5.97 Å². The number of nitrogens with zero attached hydrogens (tertiary/aromatic N) is 1. The topological polar surface area (TPSA) is 46.6 Å². The van der Waals surface area contributed by atoms with Gasteiger partial charge in [0.2, 0.25) is 0 Å². The minimum Gasteiger partial charge on any atom is -0.465 e. The smallest absolute Gasteiger partial charge is 0.340 e. The predicted octanol–water partition coefficient (Wildman–Crippen LogP) is 3.14. The number of allylic oxidation sites excluding steroid dienone is 1. The lowest BCUT2D eigenvalue weighted by Crippen LogP contribution is -2.24. The fourth-order valence-electron chi connectivity index (χ4n) is 2.37. The summed E-state index contributed by atoms with van der Waals surface area (Å²) in [5.74, 6) is -0.659. The highest BCUT2D eigenvalue weighted by molar-refractivity contribution is 9.10. The van der Waals surface area contributed by atoms with Crippen molar-refractivity contribution in [3.05, 3.63) is 51.1 Å². The quantitative estimate of drug-likeness (QED) is 0.622. The van der Waals surface area contributed by atoms with Gasteiger partial charge in [0.15, 0.2) is 0 Å². The Morgan fingerprint density at radius 3 is 2.71 bits per heavy atom. The molecule has 0 unspecified atom stereocenters. The Kier molecular flexibility index (Phi) is 4.63. The number of carbonyl (C=O) groups excluding carboxylic acids is 2. The zero-order valence-electron chi connectivity index (χ0n) is 12.1. The molecule has 0 radical (unpaired) electrons. The van der Waals surface area contributed by atoms with E-state index in [0.717, 1.165) is 10.0 Å². The molecule has 0 saturated carbocycles. The third-order valence-electron chi connectivity index (χ3n) is 3.38. The molecule has 1 aromatic carbocycles. The van der Waals surface area contributed by atoms with E-state index in [2.05, 4.69) is 15.9 Å². The fourth-order valence-corrected chi connectivity index (χ4v) is 2.79. The maximum Gasteiger partial charge on any atom is 0.340 e. The number of carbonyl (C=O) groups is 2. The fraction of sp³-hybridized carbons (Fsp3) is 0.250. The lowest BCUT2D eigenvalue weighted by Gasteiger charge is -2.14. The Hall–Kier alpha value is -1.88. The SMILES string of the molecule is CCN1C(=O)/C(=C\c2cccc(Br)c2)C(C(=O)OC)=C1C. The van der Waals surface area contributed by atoms with Gasteiger partial charge in [-0.05, 0) is 37.6 Å². The van der Waals surface area contributed by atoms with Gasteiger partial charge in [-0.15, -0.1) is 0 Å². The summed E-state index contributed by atoms with van der Waals surface area (Å²) in [6, 6.07) is 7.55. The van der Waals surface area contributed by atoms with E-state index in [1.54, 1.807) is 17.9 Å². The van der Waals surface area contributed by atoms with Crippen molar-refractivity contribution in [3.8, 4) is 0 Å². The number of methoxy groups -OCH3 is 1. The van der Waals surface area contributed by atoms with Gasteiger partial charge in [0.1, 0.15) is 0 Å². The first-order chi connectivity index (χ1) is 9.99. The van der Waals surface area contributed by atoms with Gasteiger partial charge in [0.25, 0.3) is 5.91 Å². The minimum absolute atomic E-state index is 0.171. The van der Waals surface area contributed by atoms with Crippen molar-refractivity contribution in [2.75, 3.05) is 13.7 Å². The highest BCUT2D eigenvalue weighted by atomic mass is 79.9. The number of hydrogen-bond acceptors (Lipinski definition) is 3. The van der Waals surface area contributed by atoms with Crippen molar-refractivity contribution in [2.24, 2.45) is 0 Å². The number of amides is 1. The van der Waals surface area contributed by atoms with Gasteiger partial charge in [0.05, 0.1) is 18.3 Å². The monoisotopic (exact) mass is 349 g/mol. The molecule has 1 aliphatic heterocycles. The van der Waals surface area contributed by atoms with Crippen LogP contribution in [0.2, 0.25) is 0 Å². The molecule has 1 aromatic rings. The molecule has 0 spiro atoms. The Bertz CT molecular complexity index is 661. The van der Waals surface area contributed by atoms with E-state index < -0.39 is 5.97 Å². The molecule has 0 N–H and O–H groups in total. The number of rotatable bonds is 3. The van der Waals surface area contributed by atoms with Gasteiger partial charge in [0, 0.05) is 16.7 Å². The molecule has 21 heavy (non-hydrogen) atoms. The van der Waals surface area contributed by atoms with Crippen LogP contribution in [0.25, 0.3) is 6.08 Å². The van der Waals surface area contributed by atoms with Crippen LogP contribution in [0.5, 0.6) is 0 Å². The summed E-state index contributed by atoms with van der Waals surface area (Å²) in [6.45, 7) is 4.15. The van der Waals surface area contributed by atoms with Crippen molar-refractivity contribution in [2.45, 2.75) is 13.8 Å². The summed E-state index contributed by atoms with van der Waals surface area (Å²) >= 11 is 3.39. The molecule has 4 nitrogen and oxygen atoms in total. The molecule has 1 aliphatic rings. The van der Waals surface area contributed by atoms with Crippen molar-refractivity contribution >= 4 is 33.9 Å². The Morgan fingerprint density at radius 1 is 1.43 bits per heavy atom. The van der Waals surface area contributed by atoms with Gasteiger partial charge in [-0.2, -0.15) is 0 Å². The number of halogens is 1. The van der Waals surface area contributed by atoms with Gasteiger partial charge < -0.3 is 9.64 Å². The third-order valence-corrected chi connectivity index (χ3v) is 3.87. The molecular weight excluding hydrogens is 334 g/mol. The van der Waals surface area contributed by atoms with Crippen LogP contribution in [0.15, 0.2) is 45.6 Å². The van der Waals surface area contributed by atoms with E-state index >= 15 is 0 Å². The standard InChI is InChI=1S/C16H16BrNO3/c1-4-18-10(2)14(16(20)21-3)13(15(18)19)9-11-6-5-7-12(17)8-11/h5-9H,4H2,1-3H3/b13-9-. The van der Waals surface area contributed by atoms with Crippen LogP contribution in [0.4, 0.5) is 0 Å². The molecule has 1 heterocycles. The molecular formula is C16H16BrNO3. The molecule has 0 aliphatic carbocycles. The Morgan fingerprint density at radius 2 is 2.14 bits per heavy atom. The molecule has 5 heteroatoms. The second kappa shape index (κ2) is 6.26. The van der Waals surface area contributed by atoms with Gasteiger partial charge in [-0.25, -0.2) is 4.79 Å². The lowest BCUT2D eigenvalue weighted by molar-refractivity contribution is -0.136. The molecule has 110 valence electrons. The van der Waals surface area contributed by atoms with Crippen molar-refractivity contribution in [3.63, 3.8) is 0 Å². The van der Waals surface area contributed by atoms with E-state index in [1.807, 2.05) is 31.2 Å². The van der Waals surface area contributed by atoms with Crippen LogP contribution < -0.4 is 0 Å². The molecule has 1 amide bonds. The van der Waals surface area contributed by atoms with E-state index in [-0.39, 0.29) is 5.91 Å². The first-order valence-corrected chi connectivity index (χ1v) is 7.37. The molecule has 0 aromatic heterocycles. The van der Waals surface area contributed by atoms with Crippen LogP contribution >= 0.6 is 15.9 Å². The summed E-state index contributed by atoms with van der Waals surface area (Å²) in [4.78, 5) is 26.0. The zero-order chi connectivity index (χ0) is 15.6. The number of benzene rings is 1. The van der Waals surface area contributed by atoms with Crippen LogP contribution in [0.3, 0.4) is 0 Å². The average Bonchev–Trinajstić information content (AvgIpc) is 2.69. The van der Waals surface area contributed by atoms with E-state index in [0.29, 0.717) is 23.4 Å². The summed E-state index contributed by atoms with van der Waals surface area (Å²) in [6.07, 6.45) is 1.72. The summed E-state index contributed by atoms with van der Waals surface area (Å²) < 4.78 is 5.72. The summed E-state index contributed by atoms with van der Waals surface area (Å²) in [7, 11) is 1.32. The Labute approximate surface area is 132 Å². The van der Waals surface area contributed by atoms with Crippen molar-refractivity contribution < 1.29 is 14.3 Å². The zero-order valence-corrected chi connectivity index (χ0v) is 13.7. The van der Waals surface area contributed by atoms with E-state index in [9.17, 15) is 9.59 Å². The highest BCUT2D eigenvalue weighted by Gasteiger charge is 2.35. The van der Waals surface area contributed by atoms with Gasteiger partial charge in [-0.1, -0.05) is 28.1 Å². The van der Waals surface area contributed by atoms with Crippen molar-refractivity contribution in [1.82, 2.24) is 4.90 Å². The average molecular weight is 350 g/mol. The predicted molar refractivity (Wildman–Crippen MR) is 84.2 cm³/mol. The first-order valence-electron chi connectivity index (χ1n) is 6.58. The van der Waals surface area contributed by atoms with Crippen LogP contribution in [0, 0.1) is 0 Å². The van der Waals surface area contributed by atoms with Crippen molar-refractivity contribution in [1.29, 1.82) is 0 Å². The second-order valence-corrected chi connectivity index (χ2v) is 5.53. The molecule has 0 bridgehead atoms. The maximum absolute atomic E-state index is 12.5. The molecule has 2 rings (SSSR count). The van der Waals surface area contributed by atoms with Gasteiger partial charge in [-0.3, -0.25) is 4.79 Å². The normalized spacial score (nSPS) is 16.9. The van der Waals surface area contributed by atoms with E-state index in [4.69, 9.17) is 4.74 Å². The molecule has 0 fully saturated rings. The number of esters is 1. The van der Waals surface area contributed by atoms with Crippen LogP contribution in [-0.2, 0) is 14.3 Å². The Balaban J connectivity index is 2.55. The number of hydrogen-bond donors (Lipinski definition) is 0. The van der Waals surface area contributed by atoms with Crippen LogP contribution in [0.1, 0.15) is 19.4 Å². The highest BCUT2D eigenvalue weighted by Crippen LogP contribution is 2.31. The third kappa shape index (κ3) is 2.93. The summed E-state index contributed by atoms with van der Waals surface area (Å²) in [5.41, 5.74) is 2.19. The summed E-state index contributed by atoms with van der Waals surface area (Å²) in [5, 5.41) is 0. The minimum atomic E-state index is -0.488. The first kappa shape index (κ1) is 15.5. The molecule has 0 saturated heterocycles. The van der Waals surface area contributed by atoms with Crippen LogP contribution in [-0.4, -0.2) is 30.4 Å². The molecule has 0 atom stereocenters.